The highest BCUT2D eigenvalue weighted by molar-refractivity contribution is 6.07. The number of carbonyl (C=O) groups is 3. The van der Waals surface area contributed by atoms with Crippen LogP contribution >= 0.6 is 0 Å². The minimum atomic E-state index is -0.844. The Morgan fingerprint density at radius 1 is 1.32 bits per heavy atom. The van der Waals surface area contributed by atoms with E-state index in [2.05, 4.69) is 15.6 Å². The van der Waals surface area contributed by atoms with Crippen LogP contribution in [0.1, 0.15) is 12.8 Å². The summed E-state index contributed by atoms with van der Waals surface area (Å²) in [5, 5.41) is 4.90. The molecule has 0 atom stereocenters. The van der Waals surface area contributed by atoms with Gasteiger partial charge in [0.05, 0.1) is 0 Å². The number of likely N-dealkylation sites (tertiary alicyclic amines) is 1. The second-order valence-electron chi connectivity index (χ2n) is 4.73. The fourth-order valence-corrected chi connectivity index (χ4v) is 2.50. The lowest BCUT2D eigenvalue weighted by molar-refractivity contribution is -0.125. The molecule has 2 fully saturated rings. The normalized spacial score (nSPS) is 21.4. The Bertz CT molecular complexity index is 531. The van der Waals surface area contributed by atoms with Gasteiger partial charge in [0.15, 0.2) is 0 Å². The van der Waals surface area contributed by atoms with Gasteiger partial charge in [-0.1, -0.05) is 0 Å². The Labute approximate surface area is 108 Å². The number of urea groups is 1. The largest absolute Gasteiger partial charge is 0.329 e. The Morgan fingerprint density at radius 3 is 2.58 bits per heavy atom. The van der Waals surface area contributed by atoms with Gasteiger partial charge in [-0.2, -0.15) is 0 Å². The van der Waals surface area contributed by atoms with Crippen molar-refractivity contribution in [2.24, 2.45) is 0 Å². The molecule has 19 heavy (non-hydrogen) atoms. The molecule has 0 bridgehead atoms. The van der Waals surface area contributed by atoms with Crippen LogP contribution in [0.5, 0.6) is 0 Å². The first kappa shape index (κ1) is 11.7. The molecule has 4 amide bonds. The summed E-state index contributed by atoms with van der Waals surface area (Å²) < 4.78 is 1.39. The van der Waals surface area contributed by atoms with Crippen molar-refractivity contribution >= 4 is 18.0 Å². The van der Waals surface area contributed by atoms with Gasteiger partial charge in [-0.25, -0.2) is 14.6 Å². The molecule has 8 nitrogen and oxygen atoms in total. The van der Waals surface area contributed by atoms with E-state index in [4.69, 9.17) is 0 Å². The number of hydrogen-bond acceptors (Lipinski definition) is 4. The van der Waals surface area contributed by atoms with E-state index >= 15 is 0 Å². The van der Waals surface area contributed by atoms with E-state index in [9.17, 15) is 14.4 Å². The average Bonchev–Trinajstić information content (AvgIpc) is 2.99. The molecule has 0 aromatic carbocycles. The van der Waals surface area contributed by atoms with Gasteiger partial charge in [0.25, 0.3) is 5.91 Å². The Hall–Kier alpha value is -2.38. The Balaban J connectivity index is 1.68. The molecular weight excluding hydrogens is 250 g/mol. The molecular formula is C11H13N5O3. The van der Waals surface area contributed by atoms with Crippen LogP contribution in [0.25, 0.3) is 0 Å². The smallest absolute Gasteiger partial charge is 0.324 e. The van der Waals surface area contributed by atoms with Crippen molar-refractivity contribution in [2.75, 3.05) is 13.1 Å². The van der Waals surface area contributed by atoms with Crippen LogP contribution in [0, 0.1) is 0 Å². The Morgan fingerprint density at radius 2 is 2.05 bits per heavy atom. The summed E-state index contributed by atoms with van der Waals surface area (Å²) in [5.41, 5.74) is -0.844. The van der Waals surface area contributed by atoms with Crippen molar-refractivity contribution in [3.05, 3.63) is 18.7 Å². The molecule has 0 unspecified atom stereocenters. The number of carbonyl (C=O) groups excluding carboxylic acids is 3. The van der Waals surface area contributed by atoms with Crippen molar-refractivity contribution in [3.63, 3.8) is 0 Å². The van der Waals surface area contributed by atoms with Gasteiger partial charge in [-0.15, -0.1) is 0 Å². The number of piperidine rings is 1. The summed E-state index contributed by atoms with van der Waals surface area (Å²) in [4.78, 5) is 40.5. The molecule has 1 spiro atoms. The number of nitrogens with one attached hydrogen (secondary N) is 2. The highest BCUT2D eigenvalue weighted by atomic mass is 16.2. The first-order valence-corrected chi connectivity index (χ1v) is 6.02. The molecule has 3 heterocycles. The minimum absolute atomic E-state index is 0.169. The molecule has 1 aromatic rings. The van der Waals surface area contributed by atoms with Crippen LogP contribution in [0.2, 0.25) is 0 Å². The summed E-state index contributed by atoms with van der Waals surface area (Å²) in [6.07, 6.45) is 5.40. The molecule has 8 heteroatoms. The SMILES string of the molecule is O=C1NC(=O)C2(CCN(C(=O)n3ccnc3)CC2)N1. The first-order valence-electron chi connectivity index (χ1n) is 6.02. The first-order chi connectivity index (χ1) is 9.11. The topological polar surface area (TPSA) is 96.3 Å². The molecule has 1 aromatic heterocycles. The van der Waals surface area contributed by atoms with E-state index in [0.717, 1.165) is 0 Å². The second kappa shape index (κ2) is 4.08. The predicted molar refractivity (Wildman–Crippen MR) is 63.2 cm³/mol. The molecule has 3 rings (SSSR count). The molecule has 0 saturated carbocycles. The fourth-order valence-electron chi connectivity index (χ4n) is 2.50. The number of amides is 4. The maximum atomic E-state index is 12.1. The molecule has 0 radical (unpaired) electrons. The van der Waals surface area contributed by atoms with Crippen LogP contribution in [-0.2, 0) is 4.79 Å². The van der Waals surface area contributed by atoms with E-state index in [1.807, 2.05) is 0 Å². The van der Waals surface area contributed by atoms with Gasteiger partial charge in [0.2, 0.25) is 0 Å². The summed E-state index contributed by atoms with van der Waals surface area (Å²) in [6, 6.07) is -0.628. The highest BCUT2D eigenvalue weighted by Gasteiger charge is 2.48. The van der Waals surface area contributed by atoms with Crippen LogP contribution in [0.15, 0.2) is 18.7 Å². The van der Waals surface area contributed by atoms with Crippen LogP contribution in [0.3, 0.4) is 0 Å². The third-order valence-corrected chi connectivity index (χ3v) is 3.63. The number of imide groups is 1. The standard InChI is InChI=1S/C11H13N5O3/c17-8-11(14-9(18)13-8)1-4-15(5-2-11)10(19)16-6-3-12-7-16/h3,6-7H,1-2,4-5H2,(H2,13,14,17,18). The van der Waals surface area contributed by atoms with Crippen LogP contribution in [0.4, 0.5) is 9.59 Å². The van der Waals surface area contributed by atoms with E-state index in [1.165, 1.54) is 17.1 Å². The Kier molecular flexibility index (Phi) is 2.51. The molecule has 2 aliphatic heterocycles. The number of nitrogens with zero attached hydrogens (tertiary/aromatic N) is 3. The zero-order chi connectivity index (χ0) is 13.5. The van der Waals surface area contributed by atoms with E-state index in [0.29, 0.717) is 25.9 Å². The summed E-state index contributed by atoms with van der Waals surface area (Å²) in [6.45, 7) is 0.843. The van der Waals surface area contributed by atoms with Crippen molar-refractivity contribution in [2.45, 2.75) is 18.4 Å². The van der Waals surface area contributed by atoms with Gasteiger partial charge >= 0.3 is 12.1 Å². The average molecular weight is 263 g/mol. The fraction of sp³-hybridized carbons (Fsp3) is 0.455. The van der Waals surface area contributed by atoms with Crippen molar-refractivity contribution in [3.8, 4) is 0 Å². The van der Waals surface area contributed by atoms with Crippen molar-refractivity contribution < 1.29 is 14.4 Å². The molecule has 0 aliphatic carbocycles. The number of aromatic nitrogens is 2. The second-order valence-corrected chi connectivity index (χ2v) is 4.73. The summed E-state index contributed by atoms with van der Waals surface area (Å²) >= 11 is 0. The van der Waals surface area contributed by atoms with Gasteiger partial charge in [0, 0.05) is 25.5 Å². The van der Waals surface area contributed by atoms with Crippen LogP contribution in [-0.4, -0.2) is 51.0 Å². The lowest BCUT2D eigenvalue weighted by Crippen LogP contribution is -2.56. The third-order valence-electron chi connectivity index (χ3n) is 3.63. The zero-order valence-corrected chi connectivity index (χ0v) is 10.1. The van der Waals surface area contributed by atoms with Gasteiger partial charge < -0.3 is 10.2 Å². The molecule has 2 N–H and O–H groups in total. The molecule has 2 saturated heterocycles. The van der Waals surface area contributed by atoms with Crippen molar-refractivity contribution in [1.82, 2.24) is 25.1 Å². The van der Waals surface area contributed by atoms with Gasteiger partial charge in [-0.05, 0) is 12.8 Å². The minimum Gasteiger partial charge on any atom is -0.324 e. The molecule has 2 aliphatic rings. The van der Waals surface area contributed by atoms with Gasteiger partial charge in [-0.3, -0.25) is 14.7 Å². The maximum absolute atomic E-state index is 12.1. The van der Waals surface area contributed by atoms with E-state index in [-0.39, 0.29) is 11.9 Å². The number of rotatable bonds is 0. The molecule has 100 valence electrons. The predicted octanol–water partition coefficient (Wildman–Crippen LogP) is -0.475. The lowest BCUT2D eigenvalue weighted by atomic mass is 9.88. The number of imidazole rings is 1. The summed E-state index contributed by atoms with van der Waals surface area (Å²) in [5.74, 6) is -0.299. The highest BCUT2D eigenvalue weighted by Crippen LogP contribution is 2.25. The lowest BCUT2D eigenvalue weighted by Gasteiger charge is -2.36. The van der Waals surface area contributed by atoms with E-state index in [1.54, 1.807) is 11.1 Å². The monoisotopic (exact) mass is 263 g/mol. The number of hydrogen-bond donors (Lipinski definition) is 2. The third kappa shape index (κ3) is 1.85. The maximum Gasteiger partial charge on any atom is 0.329 e. The van der Waals surface area contributed by atoms with E-state index < -0.39 is 11.6 Å². The van der Waals surface area contributed by atoms with Crippen molar-refractivity contribution in [1.29, 1.82) is 0 Å². The summed E-state index contributed by atoms with van der Waals surface area (Å²) in [7, 11) is 0. The van der Waals surface area contributed by atoms with Gasteiger partial charge in [0.1, 0.15) is 11.9 Å². The zero-order valence-electron chi connectivity index (χ0n) is 10.1. The van der Waals surface area contributed by atoms with Crippen LogP contribution < -0.4 is 10.6 Å². The quantitative estimate of drug-likeness (QED) is 0.618.